The molecule has 0 aromatic rings. The van der Waals surface area contributed by atoms with Crippen LogP contribution in [0, 0.1) is 0 Å². The molecule has 0 spiro atoms. The first-order chi connectivity index (χ1) is 4.02. The van der Waals surface area contributed by atoms with E-state index in [1.807, 2.05) is 0 Å². The van der Waals surface area contributed by atoms with Crippen LogP contribution < -0.4 is 29.6 Å². The normalized spacial score (nSPS) is 13.9. The average Bonchev–Trinajstić information content (AvgIpc) is 1.65. The van der Waals surface area contributed by atoms with Gasteiger partial charge in [-0.3, -0.25) is 0 Å². The molecule has 0 aliphatic carbocycles. The van der Waals surface area contributed by atoms with Gasteiger partial charge in [0.2, 0.25) is 0 Å². The molecule has 10 heavy (non-hydrogen) atoms. The van der Waals surface area contributed by atoms with E-state index in [9.17, 15) is 13.0 Å². The fourth-order valence-electron chi connectivity index (χ4n) is 0.331. The van der Waals surface area contributed by atoms with E-state index in [1.165, 1.54) is 0 Å². The first-order valence-electron chi connectivity index (χ1n) is 2.27. The van der Waals surface area contributed by atoms with E-state index in [1.54, 1.807) is 6.92 Å². The number of hydrogen-bond donors (Lipinski definition) is 1. The molecule has 0 bridgehead atoms. The second-order valence-electron chi connectivity index (χ2n) is 1.44. The molecule has 1 atom stereocenters. The molecule has 0 heterocycles. The summed E-state index contributed by atoms with van der Waals surface area (Å²) in [4.78, 5) is 0. The third-order valence-corrected chi connectivity index (χ3v) is 4.51. The van der Waals surface area contributed by atoms with Crippen LogP contribution in [0.2, 0.25) is 0 Å². The van der Waals surface area contributed by atoms with Crippen molar-refractivity contribution in [2.75, 3.05) is 0 Å². The summed E-state index contributed by atoms with van der Waals surface area (Å²) in [5.74, 6) is 0. The maximum absolute atomic E-state index is 10.2. The second kappa shape index (κ2) is 6.16. The average molecular weight is 210 g/mol. The Morgan fingerprint density at radius 3 is 2.10 bits per heavy atom. The van der Waals surface area contributed by atoms with Crippen molar-refractivity contribution in [3.05, 3.63) is 0 Å². The van der Waals surface area contributed by atoms with Gasteiger partial charge in [-0.05, 0) is 6.42 Å². The van der Waals surface area contributed by atoms with Gasteiger partial charge in [0.1, 0.15) is 14.7 Å². The minimum absolute atomic E-state index is 0. The van der Waals surface area contributed by atoms with E-state index >= 15 is 0 Å². The first-order valence-corrected chi connectivity index (χ1v) is 5.67. The summed E-state index contributed by atoms with van der Waals surface area (Å²) < 4.78 is 29.6. The third kappa shape index (κ3) is 5.29. The summed E-state index contributed by atoms with van der Waals surface area (Å²) in [6.07, 6.45) is 0.306. The SMILES string of the molecule is CCC(SS)S(=O)(=O)[O-].[Na+]. The maximum atomic E-state index is 10.2. The van der Waals surface area contributed by atoms with E-state index in [4.69, 9.17) is 0 Å². The molecule has 0 aliphatic rings. The summed E-state index contributed by atoms with van der Waals surface area (Å²) in [7, 11) is -3.36. The Labute approximate surface area is 92.2 Å². The van der Waals surface area contributed by atoms with Gasteiger partial charge in [-0.1, -0.05) is 17.7 Å². The smallest absolute Gasteiger partial charge is 0.747 e. The molecule has 0 saturated heterocycles. The maximum Gasteiger partial charge on any atom is 1.00 e. The molecule has 0 aliphatic heterocycles. The van der Waals surface area contributed by atoms with Crippen LogP contribution in [0.15, 0.2) is 0 Å². The fourth-order valence-corrected chi connectivity index (χ4v) is 2.71. The largest absolute Gasteiger partial charge is 1.00 e. The predicted octanol–water partition coefficient (Wildman–Crippen LogP) is -2.15. The van der Waals surface area contributed by atoms with Gasteiger partial charge < -0.3 is 4.55 Å². The van der Waals surface area contributed by atoms with E-state index in [-0.39, 0.29) is 29.6 Å². The monoisotopic (exact) mass is 210 g/mol. The summed E-state index contributed by atoms with van der Waals surface area (Å²) in [5, 5.41) is 0. The van der Waals surface area contributed by atoms with Gasteiger partial charge in [0.05, 0.1) is 0 Å². The van der Waals surface area contributed by atoms with E-state index in [0.29, 0.717) is 6.42 Å². The molecule has 7 heteroatoms. The van der Waals surface area contributed by atoms with Crippen molar-refractivity contribution in [2.45, 2.75) is 17.9 Å². The fraction of sp³-hybridized carbons (Fsp3) is 1.00. The quantitative estimate of drug-likeness (QED) is 0.250. The van der Waals surface area contributed by atoms with E-state index in [2.05, 4.69) is 11.7 Å². The van der Waals surface area contributed by atoms with Gasteiger partial charge in [-0.2, -0.15) is 0 Å². The minimum atomic E-state index is -4.13. The second-order valence-corrected chi connectivity index (χ2v) is 4.70. The molecular formula is C3H7NaO3S3. The van der Waals surface area contributed by atoms with Crippen molar-refractivity contribution in [3.63, 3.8) is 0 Å². The van der Waals surface area contributed by atoms with Crippen molar-refractivity contribution in [3.8, 4) is 0 Å². The van der Waals surface area contributed by atoms with E-state index in [0.717, 1.165) is 10.8 Å². The Balaban J connectivity index is 0. The van der Waals surface area contributed by atoms with Crippen LogP contribution >= 0.6 is 22.5 Å². The van der Waals surface area contributed by atoms with Crippen molar-refractivity contribution >= 4 is 32.6 Å². The first kappa shape index (κ1) is 14.2. The predicted molar refractivity (Wildman–Crippen MR) is 40.4 cm³/mol. The van der Waals surface area contributed by atoms with Crippen molar-refractivity contribution in [2.24, 2.45) is 0 Å². The molecular weight excluding hydrogens is 203 g/mol. The van der Waals surface area contributed by atoms with Gasteiger partial charge in [-0.25, -0.2) is 8.42 Å². The van der Waals surface area contributed by atoms with Gasteiger partial charge in [0.25, 0.3) is 0 Å². The summed E-state index contributed by atoms with van der Waals surface area (Å²) >= 11 is 3.63. The number of rotatable bonds is 3. The molecule has 0 fully saturated rings. The zero-order chi connectivity index (χ0) is 7.49. The summed E-state index contributed by atoms with van der Waals surface area (Å²) in [6.45, 7) is 1.63. The number of hydrogen-bond acceptors (Lipinski definition) is 5. The van der Waals surface area contributed by atoms with Crippen LogP contribution in [0.25, 0.3) is 0 Å². The Bertz CT molecular complexity index is 162. The van der Waals surface area contributed by atoms with Gasteiger partial charge in [-0.15, -0.1) is 11.7 Å². The molecule has 0 amide bonds. The van der Waals surface area contributed by atoms with Crippen LogP contribution in [0.5, 0.6) is 0 Å². The van der Waals surface area contributed by atoms with Crippen molar-refractivity contribution in [1.82, 2.24) is 0 Å². The van der Waals surface area contributed by atoms with Crippen molar-refractivity contribution in [1.29, 1.82) is 0 Å². The van der Waals surface area contributed by atoms with Gasteiger partial charge in [0.15, 0.2) is 0 Å². The standard InChI is InChI=1S/C3H8O3S3.Na/c1-2-3(8-7)9(4,5)6;/h3,7H,2H2,1H3,(H,4,5,6);/q;+1/p-1. The molecule has 0 radical (unpaired) electrons. The molecule has 3 nitrogen and oxygen atoms in total. The Kier molecular flexibility index (Phi) is 8.72. The Hall–Kier alpha value is 1.61. The topological polar surface area (TPSA) is 57.2 Å². The van der Waals surface area contributed by atoms with Crippen LogP contribution in [-0.2, 0) is 10.1 Å². The van der Waals surface area contributed by atoms with Crippen molar-refractivity contribution < 1.29 is 42.5 Å². The molecule has 0 aromatic heterocycles. The molecule has 0 rings (SSSR count). The Morgan fingerprint density at radius 1 is 1.70 bits per heavy atom. The number of thiol groups is 1. The molecule has 1 unspecified atom stereocenters. The summed E-state index contributed by atoms with van der Waals surface area (Å²) in [5.41, 5.74) is 0. The molecule has 0 aromatic carbocycles. The minimum Gasteiger partial charge on any atom is -0.747 e. The van der Waals surface area contributed by atoms with Crippen LogP contribution in [-0.4, -0.2) is 17.6 Å². The van der Waals surface area contributed by atoms with Gasteiger partial charge in [0, 0.05) is 0 Å². The zero-order valence-corrected chi connectivity index (χ0v) is 10.3. The molecule has 0 N–H and O–H groups in total. The molecule has 56 valence electrons. The third-order valence-electron chi connectivity index (χ3n) is 0.773. The summed E-state index contributed by atoms with van der Waals surface area (Å²) in [6, 6.07) is 0. The van der Waals surface area contributed by atoms with Gasteiger partial charge >= 0.3 is 29.6 Å². The van der Waals surface area contributed by atoms with Crippen LogP contribution in [0.1, 0.15) is 13.3 Å². The van der Waals surface area contributed by atoms with E-state index < -0.39 is 14.7 Å². The molecule has 0 saturated carbocycles. The Morgan fingerprint density at radius 2 is 2.10 bits per heavy atom. The van der Waals surface area contributed by atoms with Crippen LogP contribution in [0.3, 0.4) is 0 Å². The zero-order valence-electron chi connectivity index (χ0n) is 5.77. The van der Waals surface area contributed by atoms with Crippen LogP contribution in [0.4, 0.5) is 0 Å².